The van der Waals surface area contributed by atoms with E-state index in [1.54, 1.807) is 12.4 Å². The van der Waals surface area contributed by atoms with Crippen LogP contribution in [0, 0.1) is 0 Å². The van der Waals surface area contributed by atoms with Crippen molar-refractivity contribution in [3.05, 3.63) is 61.6 Å². The van der Waals surface area contributed by atoms with Crippen molar-refractivity contribution in [2.45, 2.75) is 6.67 Å². The van der Waals surface area contributed by atoms with E-state index in [1.807, 2.05) is 24.9 Å². The van der Waals surface area contributed by atoms with Crippen LogP contribution in [-0.4, -0.2) is 32.6 Å². The molecule has 0 N–H and O–H groups in total. The molecule has 1 aliphatic heterocycles. The number of aromatic nitrogens is 4. The summed E-state index contributed by atoms with van der Waals surface area (Å²) in [5, 5.41) is 0. The molecule has 3 heterocycles. The average molecular weight is 292 g/mol. The summed E-state index contributed by atoms with van der Waals surface area (Å²) in [6.45, 7) is 2.60. The fourth-order valence-corrected chi connectivity index (χ4v) is 2.80. The van der Waals surface area contributed by atoms with Crippen LogP contribution < -0.4 is 9.80 Å². The standard InChI is InChI=1S/C16H16N6/c1-2-4-15-14(3-1)21(13-20-8-7-18-12-20)9-10-22(15)16-11-17-5-6-19-16/h1-8,11-12H,9-10,13H2. The fraction of sp³-hybridized carbons (Fsp3) is 0.188. The third kappa shape index (κ3) is 2.28. The fourth-order valence-electron chi connectivity index (χ4n) is 2.80. The molecule has 0 saturated heterocycles. The Morgan fingerprint density at radius 1 is 0.955 bits per heavy atom. The number of fused-ring (bicyclic) bond motifs is 1. The van der Waals surface area contributed by atoms with Gasteiger partial charge in [-0.25, -0.2) is 9.97 Å². The molecule has 0 amide bonds. The SMILES string of the molecule is c1ccc2c(c1)N(Cn1ccnc1)CCN2c1cnccn1. The number of para-hydroxylation sites is 2. The molecule has 3 aromatic rings. The summed E-state index contributed by atoms with van der Waals surface area (Å²) in [5.74, 6) is 0.886. The van der Waals surface area contributed by atoms with Gasteiger partial charge in [-0.1, -0.05) is 12.1 Å². The predicted octanol–water partition coefficient (Wildman–Crippen LogP) is 2.29. The molecule has 0 bridgehead atoms. The van der Waals surface area contributed by atoms with Crippen molar-refractivity contribution < 1.29 is 0 Å². The number of rotatable bonds is 3. The van der Waals surface area contributed by atoms with Crippen LogP contribution in [0.25, 0.3) is 0 Å². The van der Waals surface area contributed by atoms with E-state index < -0.39 is 0 Å². The molecule has 2 aromatic heterocycles. The minimum atomic E-state index is 0.797. The molecule has 0 saturated carbocycles. The van der Waals surface area contributed by atoms with Crippen molar-refractivity contribution in [3.8, 4) is 0 Å². The van der Waals surface area contributed by atoms with E-state index in [-0.39, 0.29) is 0 Å². The van der Waals surface area contributed by atoms with Gasteiger partial charge in [0.15, 0.2) is 5.82 Å². The smallest absolute Gasteiger partial charge is 0.151 e. The second-order valence-electron chi connectivity index (χ2n) is 5.19. The molecule has 0 atom stereocenters. The van der Waals surface area contributed by atoms with E-state index >= 15 is 0 Å². The van der Waals surface area contributed by atoms with Crippen LogP contribution in [0.3, 0.4) is 0 Å². The van der Waals surface area contributed by atoms with E-state index in [2.05, 4.69) is 53.6 Å². The monoisotopic (exact) mass is 292 g/mol. The zero-order valence-electron chi connectivity index (χ0n) is 12.1. The van der Waals surface area contributed by atoms with Crippen molar-refractivity contribution in [1.82, 2.24) is 19.5 Å². The third-order valence-electron chi connectivity index (χ3n) is 3.83. The van der Waals surface area contributed by atoms with Gasteiger partial charge in [-0.15, -0.1) is 0 Å². The Labute approximate surface area is 128 Å². The maximum Gasteiger partial charge on any atom is 0.151 e. The Balaban J connectivity index is 1.69. The van der Waals surface area contributed by atoms with Crippen molar-refractivity contribution in [1.29, 1.82) is 0 Å². The van der Waals surface area contributed by atoms with Crippen molar-refractivity contribution >= 4 is 17.2 Å². The lowest BCUT2D eigenvalue weighted by molar-refractivity contribution is 0.623. The highest BCUT2D eigenvalue weighted by molar-refractivity contribution is 5.77. The Hall–Kier alpha value is -2.89. The molecule has 0 unspecified atom stereocenters. The molecule has 6 nitrogen and oxygen atoms in total. The van der Waals surface area contributed by atoms with Gasteiger partial charge >= 0.3 is 0 Å². The van der Waals surface area contributed by atoms with Crippen LogP contribution in [0.4, 0.5) is 17.2 Å². The first-order valence-corrected chi connectivity index (χ1v) is 7.25. The first kappa shape index (κ1) is 12.8. The summed E-state index contributed by atoms with van der Waals surface area (Å²) < 4.78 is 2.08. The highest BCUT2D eigenvalue weighted by Gasteiger charge is 2.23. The first-order chi connectivity index (χ1) is 10.9. The number of imidazole rings is 1. The van der Waals surface area contributed by atoms with Crippen molar-refractivity contribution in [2.24, 2.45) is 0 Å². The third-order valence-corrected chi connectivity index (χ3v) is 3.83. The zero-order chi connectivity index (χ0) is 14.8. The van der Waals surface area contributed by atoms with Crippen LogP contribution >= 0.6 is 0 Å². The number of anilines is 3. The van der Waals surface area contributed by atoms with E-state index in [0.717, 1.165) is 31.3 Å². The predicted molar refractivity (Wildman–Crippen MR) is 85.1 cm³/mol. The van der Waals surface area contributed by atoms with Gasteiger partial charge in [0.25, 0.3) is 0 Å². The maximum atomic E-state index is 4.43. The van der Waals surface area contributed by atoms with Gasteiger partial charge in [0.05, 0.1) is 30.6 Å². The zero-order valence-corrected chi connectivity index (χ0v) is 12.1. The average Bonchev–Trinajstić information content (AvgIpc) is 3.09. The molecule has 1 aromatic carbocycles. The number of benzene rings is 1. The van der Waals surface area contributed by atoms with Gasteiger partial charge in [0.1, 0.15) is 0 Å². The lowest BCUT2D eigenvalue weighted by Gasteiger charge is -2.38. The Bertz CT molecular complexity index is 740. The Morgan fingerprint density at radius 2 is 1.86 bits per heavy atom. The Kier molecular flexibility index (Phi) is 3.19. The largest absolute Gasteiger partial charge is 0.350 e. The number of nitrogens with zero attached hydrogens (tertiary/aromatic N) is 6. The molecule has 0 spiro atoms. The number of hydrogen-bond donors (Lipinski definition) is 0. The molecule has 22 heavy (non-hydrogen) atoms. The summed E-state index contributed by atoms with van der Waals surface area (Å²) in [7, 11) is 0. The van der Waals surface area contributed by atoms with Gasteiger partial charge in [0, 0.05) is 37.9 Å². The van der Waals surface area contributed by atoms with Crippen LogP contribution in [0.5, 0.6) is 0 Å². The molecule has 4 rings (SSSR count). The molecule has 0 radical (unpaired) electrons. The minimum absolute atomic E-state index is 0.797. The van der Waals surface area contributed by atoms with Crippen LogP contribution in [-0.2, 0) is 6.67 Å². The van der Waals surface area contributed by atoms with Gasteiger partial charge < -0.3 is 14.4 Å². The lowest BCUT2D eigenvalue weighted by atomic mass is 10.1. The summed E-state index contributed by atoms with van der Waals surface area (Å²) in [6.07, 6.45) is 10.9. The molecule has 6 heteroatoms. The molecular formula is C16H16N6. The lowest BCUT2D eigenvalue weighted by Crippen LogP contribution is -2.39. The van der Waals surface area contributed by atoms with Crippen molar-refractivity contribution in [3.63, 3.8) is 0 Å². The summed E-state index contributed by atoms with van der Waals surface area (Å²) in [4.78, 5) is 17.3. The second-order valence-corrected chi connectivity index (χ2v) is 5.19. The van der Waals surface area contributed by atoms with E-state index in [1.165, 1.54) is 5.69 Å². The van der Waals surface area contributed by atoms with E-state index in [4.69, 9.17) is 0 Å². The summed E-state index contributed by atoms with van der Waals surface area (Å²) in [6, 6.07) is 8.40. The van der Waals surface area contributed by atoms with Gasteiger partial charge in [-0.2, -0.15) is 0 Å². The Morgan fingerprint density at radius 3 is 2.64 bits per heavy atom. The number of hydrogen-bond acceptors (Lipinski definition) is 5. The van der Waals surface area contributed by atoms with E-state index in [0.29, 0.717) is 0 Å². The highest BCUT2D eigenvalue weighted by Crippen LogP contribution is 2.36. The van der Waals surface area contributed by atoms with Crippen LogP contribution in [0.2, 0.25) is 0 Å². The van der Waals surface area contributed by atoms with Gasteiger partial charge in [-0.05, 0) is 12.1 Å². The normalized spacial score (nSPS) is 14.0. The summed E-state index contributed by atoms with van der Waals surface area (Å²) >= 11 is 0. The van der Waals surface area contributed by atoms with Crippen LogP contribution in [0.15, 0.2) is 61.6 Å². The van der Waals surface area contributed by atoms with E-state index in [9.17, 15) is 0 Å². The molecule has 1 aliphatic rings. The first-order valence-electron chi connectivity index (χ1n) is 7.25. The summed E-state index contributed by atoms with van der Waals surface area (Å²) in [5.41, 5.74) is 2.36. The quantitative estimate of drug-likeness (QED) is 0.741. The molecule has 0 aliphatic carbocycles. The van der Waals surface area contributed by atoms with Gasteiger partial charge in [-0.3, -0.25) is 4.98 Å². The van der Waals surface area contributed by atoms with Crippen LogP contribution in [0.1, 0.15) is 0 Å². The highest BCUT2D eigenvalue weighted by atomic mass is 15.3. The van der Waals surface area contributed by atoms with Crippen molar-refractivity contribution in [2.75, 3.05) is 22.9 Å². The second kappa shape index (κ2) is 5.48. The molecule has 110 valence electrons. The molecular weight excluding hydrogens is 276 g/mol. The maximum absolute atomic E-state index is 4.43. The molecule has 0 fully saturated rings. The van der Waals surface area contributed by atoms with Gasteiger partial charge in [0.2, 0.25) is 0 Å². The minimum Gasteiger partial charge on any atom is -0.350 e. The topological polar surface area (TPSA) is 50.1 Å².